The molecule has 0 aliphatic heterocycles. The van der Waals surface area contributed by atoms with Crippen LogP contribution in [-0.4, -0.2) is 27.0 Å². The van der Waals surface area contributed by atoms with E-state index in [1.165, 1.54) is 13.3 Å². The van der Waals surface area contributed by atoms with Gasteiger partial charge in [-0.1, -0.05) is 0 Å². The van der Waals surface area contributed by atoms with Gasteiger partial charge in [-0.2, -0.15) is 5.10 Å². The summed E-state index contributed by atoms with van der Waals surface area (Å²) in [6.45, 7) is 1.75. The number of rotatable bonds is 4. The molecule has 1 heterocycles. The zero-order valence-electron chi connectivity index (χ0n) is 10.3. The summed E-state index contributed by atoms with van der Waals surface area (Å²) in [5.41, 5.74) is 1.22. The molecular formula is C12H13N5O2. The van der Waals surface area contributed by atoms with Crippen molar-refractivity contribution < 1.29 is 9.59 Å². The van der Waals surface area contributed by atoms with Crippen LogP contribution in [-0.2, 0) is 6.54 Å². The summed E-state index contributed by atoms with van der Waals surface area (Å²) in [4.78, 5) is 26.6. The van der Waals surface area contributed by atoms with Crippen molar-refractivity contribution in [2.45, 2.75) is 13.5 Å². The van der Waals surface area contributed by atoms with Crippen molar-refractivity contribution in [2.75, 3.05) is 5.32 Å². The highest BCUT2D eigenvalue weighted by molar-refractivity contribution is 5.95. The Hall–Kier alpha value is -2.70. The molecule has 0 fully saturated rings. The minimum absolute atomic E-state index is 0.0127. The van der Waals surface area contributed by atoms with Crippen LogP contribution in [0.4, 0.5) is 10.5 Å². The lowest BCUT2D eigenvalue weighted by molar-refractivity contribution is 0.101. The second-order valence-corrected chi connectivity index (χ2v) is 3.87. The fourth-order valence-corrected chi connectivity index (χ4v) is 1.44. The van der Waals surface area contributed by atoms with E-state index >= 15 is 0 Å². The molecule has 7 nitrogen and oxygen atoms in total. The summed E-state index contributed by atoms with van der Waals surface area (Å²) in [5.74, 6) is 0.559. The summed E-state index contributed by atoms with van der Waals surface area (Å²) in [6, 6.07) is 6.31. The van der Waals surface area contributed by atoms with Crippen LogP contribution in [0.1, 0.15) is 23.1 Å². The third-order valence-corrected chi connectivity index (χ3v) is 2.43. The Kier molecular flexibility index (Phi) is 3.87. The molecule has 3 N–H and O–H groups in total. The van der Waals surface area contributed by atoms with Gasteiger partial charge in [-0.25, -0.2) is 9.78 Å². The summed E-state index contributed by atoms with van der Waals surface area (Å²) >= 11 is 0. The highest BCUT2D eigenvalue weighted by Crippen LogP contribution is 2.09. The van der Waals surface area contributed by atoms with E-state index in [4.69, 9.17) is 0 Å². The van der Waals surface area contributed by atoms with Crippen LogP contribution in [0.3, 0.4) is 0 Å². The van der Waals surface area contributed by atoms with Gasteiger partial charge >= 0.3 is 6.03 Å². The first-order valence-corrected chi connectivity index (χ1v) is 5.65. The maximum Gasteiger partial charge on any atom is 0.319 e. The number of hydrogen-bond donors (Lipinski definition) is 3. The standard InChI is InChI=1S/C12H13N5O2/c1-8(18)9-2-4-10(5-3-9)16-12(19)13-6-11-14-7-15-17-11/h2-5,7H,6H2,1H3,(H2,13,16,19)(H,14,15,17). The summed E-state index contributed by atoms with van der Waals surface area (Å²) in [5, 5.41) is 11.6. The second kappa shape index (κ2) is 5.76. The molecule has 0 radical (unpaired) electrons. The molecule has 98 valence electrons. The van der Waals surface area contributed by atoms with Gasteiger partial charge in [-0.05, 0) is 31.2 Å². The largest absolute Gasteiger partial charge is 0.331 e. The van der Waals surface area contributed by atoms with E-state index in [1.54, 1.807) is 24.3 Å². The topological polar surface area (TPSA) is 99.8 Å². The van der Waals surface area contributed by atoms with Crippen molar-refractivity contribution in [3.05, 3.63) is 42.0 Å². The number of Topliss-reactive ketones (excluding diaryl/α,β-unsaturated/α-hetero) is 1. The first kappa shape index (κ1) is 12.7. The predicted octanol–water partition coefficient (Wildman–Crippen LogP) is 1.33. The molecule has 1 aromatic heterocycles. The zero-order valence-corrected chi connectivity index (χ0v) is 10.3. The number of nitrogens with one attached hydrogen (secondary N) is 3. The summed E-state index contributed by atoms with van der Waals surface area (Å²) in [6.07, 6.45) is 1.37. The number of urea groups is 1. The quantitative estimate of drug-likeness (QED) is 0.721. The van der Waals surface area contributed by atoms with Gasteiger partial charge in [-0.3, -0.25) is 9.89 Å². The Morgan fingerprint density at radius 1 is 1.26 bits per heavy atom. The molecule has 0 spiro atoms. The lowest BCUT2D eigenvalue weighted by Gasteiger charge is -2.06. The molecule has 2 aromatic rings. The number of H-pyrrole nitrogens is 1. The molecule has 0 saturated carbocycles. The summed E-state index contributed by atoms with van der Waals surface area (Å²) < 4.78 is 0. The molecule has 1 aromatic carbocycles. The number of ketones is 1. The van der Waals surface area contributed by atoms with Gasteiger partial charge in [0.15, 0.2) is 5.78 Å². The Labute approximate surface area is 109 Å². The number of benzene rings is 1. The Morgan fingerprint density at radius 2 is 2.00 bits per heavy atom. The fraction of sp³-hybridized carbons (Fsp3) is 0.167. The summed E-state index contributed by atoms with van der Waals surface area (Å²) in [7, 11) is 0. The average molecular weight is 259 g/mol. The smallest absolute Gasteiger partial charge is 0.319 e. The Balaban J connectivity index is 1.86. The minimum Gasteiger partial charge on any atom is -0.331 e. The van der Waals surface area contributed by atoms with E-state index in [1.807, 2.05) is 0 Å². The van der Waals surface area contributed by atoms with Crippen molar-refractivity contribution >= 4 is 17.5 Å². The lowest BCUT2D eigenvalue weighted by Crippen LogP contribution is -2.28. The van der Waals surface area contributed by atoms with Gasteiger partial charge in [0.25, 0.3) is 0 Å². The molecule has 0 unspecified atom stereocenters. The van der Waals surface area contributed by atoms with E-state index < -0.39 is 0 Å². The van der Waals surface area contributed by atoms with Crippen LogP contribution in [0.15, 0.2) is 30.6 Å². The number of carbonyl (C=O) groups excluding carboxylic acids is 2. The van der Waals surface area contributed by atoms with Crippen LogP contribution in [0.5, 0.6) is 0 Å². The highest BCUT2D eigenvalue weighted by atomic mass is 16.2. The zero-order chi connectivity index (χ0) is 13.7. The van der Waals surface area contributed by atoms with Gasteiger partial charge in [0, 0.05) is 11.3 Å². The molecule has 0 aliphatic carbocycles. The Morgan fingerprint density at radius 3 is 2.58 bits per heavy atom. The third kappa shape index (κ3) is 3.63. The maximum atomic E-state index is 11.6. The van der Waals surface area contributed by atoms with Crippen molar-refractivity contribution in [1.29, 1.82) is 0 Å². The molecule has 0 bridgehead atoms. The number of hydrogen-bond acceptors (Lipinski definition) is 4. The average Bonchev–Trinajstić information content (AvgIpc) is 2.90. The van der Waals surface area contributed by atoms with Gasteiger partial charge in [-0.15, -0.1) is 0 Å². The Bertz CT molecular complexity index is 562. The van der Waals surface area contributed by atoms with E-state index in [0.29, 0.717) is 17.1 Å². The van der Waals surface area contributed by atoms with Gasteiger partial charge in [0.1, 0.15) is 12.2 Å². The normalized spacial score (nSPS) is 9.95. The molecule has 19 heavy (non-hydrogen) atoms. The van der Waals surface area contributed by atoms with Crippen LogP contribution in [0.2, 0.25) is 0 Å². The van der Waals surface area contributed by atoms with Crippen LogP contribution in [0.25, 0.3) is 0 Å². The van der Waals surface area contributed by atoms with E-state index in [-0.39, 0.29) is 18.4 Å². The van der Waals surface area contributed by atoms with Gasteiger partial charge < -0.3 is 10.6 Å². The van der Waals surface area contributed by atoms with E-state index in [2.05, 4.69) is 25.8 Å². The van der Waals surface area contributed by atoms with Crippen molar-refractivity contribution in [2.24, 2.45) is 0 Å². The SMILES string of the molecule is CC(=O)c1ccc(NC(=O)NCc2ncn[nH]2)cc1. The molecule has 0 saturated heterocycles. The van der Waals surface area contributed by atoms with E-state index in [9.17, 15) is 9.59 Å². The molecule has 0 atom stereocenters. The van der Waals surface area contributed by atoms with Gasteiger partial charge in [0.2, 0.25) is 0 Å². The van der Waals surface area contributed by atoms with Crippen LogP contribution >= 0.6 is 0 Å². The number of aromatic amines is 1. The van der Waals surface area contributed by atoms with E-state index in [0.717, 1.165) is 0 Å². The number of aromatic nitrogens is 3. The lowest BCUT2D eigenvalue weighted by atomic mass is 10.1. The molecule has 2 amide bonds. The van der Waals surface area contributed by atoms with Crippen LogP contribution in [0, 0.1) is 0 Å². The molecule has 7 heteroatoms. The third-order valence-electron chi connectivity index (χ3n) is 2.43. The fourth-order valence-electron chi connectivity index (χ4n) is 1.44. The highest BCUT2D eigenvalue weighted by Gasteiger charge is 2.04. The van der Waals surface area contributed by atoms with Crippen molar-refractivity contribution in [3.8, 4) is 0 Å². The number of carbonyl (C=O) groups is 2. The van der Waals surface area contributed by atoms with Crippen LogP contribution < -0.4 is 10.6 Å². The predicted molar refractivity (Wildman–Crippen MR) is 68.7 cm³/mol. The number of anilines is 1. The first-order chi connectivity index (χ1) is 9.15. The second-order valence-electron chi connectivity index (χ2n) is 3.87. The molecule has 2 rings (SSSR count). The van der Waals surface area contributed by atoms with Crippen molar-refractivity contribution in [3.63, 3.8) is 0 Å². The maximum absolute atomic E-state index is 11.6. The number of amides is 2. The molecular weight excluding hydrogens is 246 g/mol. The van der Waals surface area contributed by atoms with Gasteiger partial charge in [0.05, 0.1) is 6.54 Å². The molecule has 0 aliphatic rings. The minimum atomic E-state index is -0.355. The first-order valence-electron chi connectivity index (χ1n) is 5.65. The monoisotopic (exact) mass is 259 g/mol. The number of nitrogens with zero attached hydrogens (tertiary/aromatic N) is 2. The van der Waals surface area contributed by atoms with Crippen molar-refractivity contribution in [1.82, 2.24) is 20.5 Å².